The summed E-state index contributed by atoms with van der Waals surface area (Å²) in [6.45, 7) is 1.38. The highest BCUT2D eigenvalue weighted by Gasteiger charge is 2.32. The maximum absolute atomic E-state index is 11.6. The molecule has 66 valence electrons. The molecule has 0 atom stereocenters. The van der Waals surface area contributed by atoms with Crippen molar-refractivity contribution in [1.29, 1.82) is 0 Å². The number of hydrogen-bond acceptors (Lipinski definition) is 3. The second-order valence-electron chi connectivity index (χ2n) is 1.99. The van der Waals surface area contributed by atoms with E-state index in [0.29, 0.717) is 0 Å². The van der Waals surface area contributed by atoms with Crippen LogP contribution in [0.5, 0.6) is 5.88 Å². The van der Waals surface area contributed by atoms with Crippen LogP contribution in [0.2, 0.25) is 0 Å². The van der Waals surface area contributed by atoms with Gasteiger partial charge in [0.25, 0.3) is 0 Å². The predicted molar refractivity (Wildman–Crippen MR) is 33.5 cm³/mol. The number of hydrogen-bond donors (Lipinski definition) is 0. The highest BCUT2D eigenvalue weighted by atomic mass is 19.4. The highest BCUT2D eigenvalue weighted by Crippen LogP contribution is 2.21. The summed E-state index contributed by atoms with van der Waals surface area (Å²) in [4.78, 5) is 6.93. The van der Waals surface area contributed by atoms with E-state index in [1.807, 2.05) is 0 Å². The minimum atomic E-state index is -4.71. The molecule has 0 saturated carbocycles. The van der Waals surface area contributed by atoms with Crippen molar-refractivity contribution in [3.05, 3.63) is 18.1 Å². The van der Waals surface area contributed by atoms with E-state index >= 15 is 0 Å². The van der Waals surface area contributed by atoms with Gasteiger partial charge in [0, 0.05) is 12.4 Å². The van der Waals surface area contributed by atoms with E-state index < -0.39 is 12.2 Å². The summed E-state index contributed by atoms with van der Waals surface area (Å²) in [5, 5.41) is 0. The zero-order valence-electron chi connectivity index (χ0n) is 6.09. The van der Waals surface area contributed by atoms with Crippen molar-refractivity contribution >= 4 is 0 Å². The molecule has 0 aromatic carbocycles. The quantitative estimate of drug-likeness (QED) is 0.656. The first kappa shape index (κ1) is 8.76. The molecule has 3 nitrogen and oxygen atoms in total. The summed E-state index contributed by atoms with van der Waals surface area (Å²) in [6, 6.07) is 0. The molecular weight excluding hydrogens is 173 g/mol. The van der Waals surface area contributed by atoms with Crippen LogP contribution in [0.3, 0.4) is 0 Å². The van der Waals surface area contributed by atoms with Gasteiger partial charge in [-0.2, -0.15) is 0 Å². The lowest BCUT2D eigenvalue weighted by atomic mass is 10.5. The molecule has 1 aromatic rings. The topological polar surface area (TPSA) is 35.0 Å². The fourth-order valence-corrected chi connectivity index (χ4v) is 0.605. The molecule has 0 spiro atoms. The van der Waals surface area contributed by atoms with Crippen LogP contribution in [0.4, 0.5) is 13.2 Å². The van der Waals surface area contributed by atoms with Gasteiger partial charge in [0.15, 0.2) is 0 Å². The summed E-state index contributed by atoms with van der Waals surface area (Å²) in [6.07, 6.45) is -2.28. The summed E-state index contributed by atoms with van der Waals surface area (Å²) in [5.41, 5.74) is 0.106. The standard InChI is InChI=1S/C6H5F3N2O/c1-4-5(11-3-2-10-4)12-6(7,8)9/h2-3H,1H3. The fraction of sp³-hybridized carbons (Fsp3) is 0.333. The Morgan fingerprint density at radius 3 is 2.33 bits per heavy atom. The van der Waals surface area contributed by atoms with Crippen molar-refractivity contribution in [2.24, 2.45) is 0 Å². The lowest BCUT2D eigenvalue weighted by Crippen LogP contribution is -2.18. The number of ether oxygens (including phenoxy) is 1. The Hall–Kier alpha value is -1.33. The van der Waals surface area contributed by atoms with Gasteiger partial charge in [-0.05, 0) is 6.92 Å². The monoisotopic (exact) mass is 178 g/mol. The van der Waals surface area contributed by atoms with E-state index in [2.05, 4.69) is 14.7 Å². The number of alkyl halides is 3. The van der Waals surface area contributed by atoms with Crippen molar-refractivity contribution < 1.29 is 17.9 Å². The van der Waals surface area contributed by atoms with E-state index in [-0.39, 0.29) is 5.69 Å². The second-order valence-corrected chi connectivity index (χ2v) is 1.99. The van der Waals surface area contributed by atoms with Gasteiger partial charge in [-0.3, -0.25) is 4.98 Å². The van der Waals surface area contributed by atoms with Gasteiger partial charge in [-0.15, -0.1) is 13.2 Å². The molecule has 0 bridgehead atoms. The Morgan fingerprint density at radius 1 is 1.25 bits per heavy atom. The smallest absolute Gasteiger partial charge is 0.386 e. The Bertz CT molecular complexity index is 274. The van der Waals surface area contributed by atoms with E-state index in [4.69, 9.17) is 0 Å². The van der Waals surface area contributed by atoms with Gasteiger partial charge < -0.3 is 4.74 Å². The SMILES string of the molecule is Cc1nccnc1OC(F)(F)F. The maximum Gasteiger partial charge on any atom is 0.574 e. The predicted octanol–water partition coefficient (Wildman–Crippen LogP) is 1.68. The third-order valence-electron chi connectivity index (χ3n) is 1.05. The molecule has 0 amide bonds. The van der Waals surface area contributed by atoms with Gasteiger partial charge in [0.05, 0.1) is 5.69 Å². The molecule has 0 radical (unpaired) electrons. The van der Waals surface area contributed by atoms with Crippen LogP contribution in [0, 0.1) is 6.92 Å². The molecular formula is C6H5F3N2O. The first-order valence-corrected chi connectivity index (χ1v) is 3.02. The molecule has 0 N–H and O–H groups in total. The van der Waals surface area contributed by atoms with Gasteiger partial charge in [0.2, 0.25) is 5.88 Å². The summed E-state index contributed by atoms with van der Waals surface area (Å²) in [7, 11) is 0. The van der Waals surface area contributed by atoms with Gasteiger partial charge in [-0.1, -0.05) is 0 Å². The van der Waals surface area contributed by atoms with Crippen LogP contribution in [0.15, 0.2) is 12.4 Å². The molecule has 12 heavy (non-hydrogen) atoms. The van der Waals surface area contributed by atoms with Gasteiger partial charge in [-0.25, -0.2) is 4.98 Å². The van der Waals surface area contributed by atoms with Crippen LogP contribution < -0.4 is 4.74 Å². The molecule has 1 aromatic heterocycles. The molecule has 1 rings (SSSR count). The first-order chi connectivity index (χ1) is 5.49. The van der Waals surface area contributed by atoms with Crippen molar-refractivity contribution in [3.8, 4) is 5.88 Å². The summed E-state index contributed by atoms with van der Waals surface area (Å²) >= 11 is 0. The van der Waals surface area contributed by atoms with Crippen molar-refractivity contribution in [2.45, 2.75) is 13.3 Å². The van der Waals surface area contributed by atoms with Crippen LogP contribution in [0.25, 0.3) is 0 Å². The zero-order valence-corrected chi connectivity index (χ0v) is 6.09. The first-order valence-electron chi connectivity index (χ1n) is 3.02. The van der Waals surface area contributed by atoms with Crippen LogP contribution in [0.1, 0.15) is 5.69 Å². The zero-order chi connectivity index (χ0) is 9.19. The largest absolute Gasteiger partial charge is 0.574 e. The number of halogens is 3. The van der Waals surface area contributed by atoms with E-state index in [0.717, 1.165) is 6.20 Å². The number of aryl methyl sites for hydroxylation is 1. The maximum atomic E-state index is 11.6. The van der Waals surface area contributed by atoms with Crippen molar-refractivity contribution in [3.63, 3.8) is 0 Å². The Balaban J connectivity index is 2.83. The molecule has 0 fully saturated rings. The average Bonchev–Trinajstić information content (AvgIpc) is 1.91. The lowest BCUT2D eigenvalue weighted by molar-refractivity contribution is -0.276. The van der Waals surface area contributed by atoms with Crippen LogP contribution >= 0.6 is 0 Å². The van der Waals surface area contributed by atoms with E-state index in [1.54, 1.807) is 0 Å². The van der Waals surface area contributed by atoms with Crippen molar-refractivity contribution in [2.75, 3.05) is 0 Å². The molecule has 0 saturated heterocycles. The molecule has 1 heterocycles. The summed E-state index contributed by atoms with van der Waals surface area (Å²) in [5.74, 6) is -0.509. The minimum Gasteiger partial charge on any atom is -0.386 e. The normalized spacial score (nSPS) is 11.3. The molecule has 0 unspecified atom stereocenters. The molecule has 0 aliphatic heterocycles. The third kappa shape index (κ3) is 2.37. The number of nitrogens with zero attached hydrogens (tertiary/aromatic N) is 2. The Labute approximate surface area is 66.2 Å². The third-order valence-corrected chi connectivity index (χ3v) is 1.05. The average molecular weight is 178 g/mol. The number of aromatic nitrogens is 2. The second kappa shape index (κ2) is 2.96. The van der Waals surface area contributed by atoms with E-state index in [9.17, 15) is 13.2 Å². The molecule has 0 aliphatic rings. The molecule has 6 heteroatoms. The van der Waals surface area contributed by atoms with Crippen LogP contribution in [-0.4, -0.2) is 16.3 Å². The van der Waals surface area contributed by atoms with Gasteiger partial charge >= 0.3 is 6.36 Å². The minimum absolute atomic E-state index is 0.106. The Morgan fingerprint density at radius 2 is 1.83 bits per heavy atom. The lowest BCUT2D eigenvalue weighted by Gasteiger charge is -2.08. The number of rotatable bonds is 1. The van der Waals surface area contributed by atoms with Crippen molar-refractivity contribution in [1.82, 2.24) is 9.97 Å². The summed E-state index contributed by atoms with van der Waals surface area (Å²) < 4.78 is 38.5. The highest BCUT2D eigenvalue weighted by molar-refractivity contribution is 5.14. The van der Waals surface area contributed by atoms with Gasteiger partial charge in [0.1, 0.15) is 0 Å². The van der Waals surface area contributed by atoms with E-state index in [1.165, 1.54) is 13.1 Å². The fourth-order valence-electron chi connectivity index (χ4n) is 0.605. The van der Waals surface area contributed by atoms with Crippen LogP contribution in [-0.2, 0) is 0 Å². The Kier molecular flexibility index (Phi) is 2.16. The molecule has 0 aliphatic carbocycles.